The third-order valence-electron chi connectivity index (χ3n) is 8.49. The minimum absolute atomic E-state index is 0.421. The van der Waals surface area contributed by atoms with Crippen molar-refractivity contribution in [3.63, 3.8) is 0 Å². The molecule has 8 rings (SSSR count). The Bertz CT molecular complexity index is 1950. The van der Waals surface area contributed by atoms with E-state index in [-0.39, 0.29) is 0 Å². The first-order valence-corrected chi connectivity index (χ1v) is 14.5. The van der Waals surface area contributed by atoms with Crippen LogP contribution in [0.15, 0.2) is 164 Å². The Morgan fingerprint density at radius 2 is 0.907 bits per heavy atom. The summed E-state index contributed by atoms with van der Waals surface area (Å²) >= 11 is 0. The van der Waals surface area contributed by atoms with Crippen molar-refractivity contribution in [1.82, 2.24) is 15.0 Å². The number of fused-ring (bicyclic) bond motifs is 3. The van der Waals surface area contributed by atoms with E-state index in [4.69, 9.17) is 4.98 Å². The van der Waals surface area contributed by atoms with E-state index in [1.54, 1.807) is 6.20 Å². The van der Waals surface area contributed by atoms with Gasteiger partial charge in [0.25, 0.3) is 0 Å². The van der Waals surface area contributed by atoms with Crippen LogP contribution in [-0.2, 0) is 5.41 Å². The van der Waals surface area contributed by atoms with E-state index in [0.717, 1.165) is 33.9 Å². The molecule has 7 aromatic rings. The molecular weight excluding hydrogens is 522 g/mol. The van der Waals surface area contributed by atoms with Crippen LogP contribution in [0.3, 0.4) is 0 Å². The van der Waals surface area contributed by atoms with Gasteiger partial charge in [-0.1, -0.05) is 115 Å². The fourth-order valence-corrected chi connectivity index (χ4v) is 6.61. The van der Waals surface area contributed by atoms with E-state index in [1.807, 2.05) is 42.6 Å². The summed E-state index contributed by atoms with van der Waals surface area (Å²) in [6, 6.07) is 53.6. The quantitative estimate of drug-likeness (QED) is 0.215. The molecule has 3 nitrogen and oxygen atoms in total. The zero-order chi connectivity index (χ0) is 28.6. The number of pyridine rings is 3. The molecule has 0 fully saturated rings. The SMILES string of the molecule is c1ccc(C2(c3ccc(-c4cc(-c5ccccn5)cc(-c5ccccn5)n4)cc3)c3ccccc3-c3ccccc32)cc1. The van der Waals surface area contributed by atoms with Crippen molar-refractivity contribution in [2.75, 3.05) is 0 Å². The van der Waals surface area contributed by atoms with Crippen molar-refractivity contribution in [2.45, 2.75) is 5.41 Å². The van der Waals surface area contributed by atoms with Gasteiger partial charge in [-0.05, 0) is 69.8 Å². The van der Waals surface area contributed by atoms with Crippen molar-refractivity contribution < 1.29 is 0 Å². The molecule has 0 radical (unpaired) electrons. The molecule has 0 aliphatic heterocycles. The minimum Gasteiger partial charge on any atom is -0.256 e. The largest absolute Gasteiger partial charge is 0.256 e. The zero-order valence-corrected chi connectivity index (χ0v) is 23.4. The molecule has 202 valence electrons. The predicted molar refractivity (Wildman–Crippen MR) is 173 cm³/mol. The summed E-state index contributed by atoms with van der Waals surface area (Å²) in [5.74, 6) is 0. The van der Waals surface area contributed by atoms with Crippen molar-refractivity contribution >= 4 is 0 Å². The van der Waals surface area contributed by atoms with Gasteiger partial charge >= 0.3 is 0 Å². The van der Waals surface area contributed by atoms with Gasteiger partial charge in [0, 0.05) is 23.5 Å². The molecule has 0 unspecified atom stereocenters. The molecule has 0 atom stereocenters. The molecule has 1 aliphatic rings. The van der Waals surface area contributed by atoms with Crippen molar-refractivity contribution in [3.8, 4) is 45.0 Å². The number of hydrogen-bond acceptors (Lipinski definition) is 3. The minimum atomic E-state index is -0.421. The summed E-state index contributed by atoms with van der Waals surface area (Å²) < 4.78 is 0. The van der Waals surface area contributed by atoms with Crippen LogP contribution in [0.25, 0.3) is 45.0 Å². The van der Waals surface area contributed by atoms with Crippen LogP contribution in [0.4, 0.5) is 0 Å². The molecule has 43 heavy (non-hydrogen) atoms. The summed E-state index contributed by atoms with van der Waals surface area (Å²) in [6.07, 6.45) is 3.63. The Morgan fingerprint density at radius 1 is 0.372 bits per heavy atom. The van der Waals surface area contributed by atoms with Gasteiger partial charge < -0.3 is 0 Å². The maximum atomic E-state index is 5.08. The van der Waals surface area contributed by atoms with Crippen LogP contribution in [0.5, 0.6) is 0 Å². The average Bonchev–Trinajstić information content (AvgIpc) is 3.40. The molecule has 1 aliphatic carbocycles. The number of benzene rings is 4. The Kier molecular flexibility index (Phi) is 6.01. The second kappa shape index (κ2) is 10.3. The standard InChI is InChI=1S/C40H27N3/c1-2-12-30(13-3-1)40(34-16-6-4-14-32(34)33-15-5-7-17-35(33)40)31-22-20-28(21-23-31)38-26-29(36-18-8-10-24-41-36)27-39(43-38)37-19-9-11-25-42-37/h1-27H. The Balaban J connectivity index is 1.31. The van der Waals surface area contributed by atoms with Gasteiger partial charge in [-0.25, -0.2) is 4.98 Å². The lowest BCUT2D eigenvalue weighted by Crippen LogP contribution is -2.28. The molecule has 3 heterocycles. The van der Waals surface area contributed by atoms with Gasteiger partial charge in [0.15, 0.2) is 0 Å². The molecule has 0 N–H and O–H groups in total. The highest BCUT2D eigenvalue weighted by Crippen LogP contribution is 2.56. The third-order valence-corrected chi connectivity index (χ3v) is 8.49. The summed E-state index contributed by atoms with van der Waals surface area (Å²) in [6.45, 7) is 0. The summed E-state index contributed by atoms with van der Waals surface area (Å²) in [5.41, 5.74) is 12.8. The summed E-state index contributed by atoms with van der Waals surface area (Å²) in [4.78, 5) is 14.3. The summed E-state index contributed by atoms with van der Waals surface area (Å²) in [5, 5.41) is 0. The lowest BCUT2D eigenvalue weighted by atomic mass is 9.67. The molecule has 0 spiro atoms. The number of rotatable bonds is 5. The van der Waals surface area contributed by atoms with E-state index < -0.39 is 5.41 Å². The van der Waals surface area contributed by atoms with E-state index in [9.17, 15) is 0 Å². The lowest BCUT2D eigenvalue weighted by Gasteiger charge is -2.34. The maximum Gasteiger partial charge on any atom is 0.0900 e. The first-order chi connectivity index (χ1) is 21.3. The van der Waals surface area contributed by atoms with Crippen LogP contribution < -0.4 is 0 Å². The zero-order valence-electron chi connectivity index (χ0n) is 23.4. The van der Waals surface area contributed by atoms with E-state index in [0.29, 0.717) is 0 Å². The molecule has 0 amide bonds. The number of nitrogens with zero attached hydrogens (tertiary/aromatic N) is 3. The van der Waals surface area contributed by atoms with Gasteiger partial charge in [-0.2, -0.15) is 0 Å². The first kappa shape index (κ1) is 25.1. The smallest absolute Gasteiger partial charge is 0.0900 e. The Morgan fingerprint density at radius 3 is 1.53 bits per heavy atom. The highest BCUT2D eigenvalue weighted by molar-refractivity contribution is 5.86. The third kappa shape index (κ3) is 4.09. The van der Waals surface area contributed by atoms with Gasteiger partial charge in [-0.3, -0.25) is 9.97 Å². The van der Waals surface area contributed by atoms with Crippen LogP contribution in [0.2, 0.25) is 0 Å². The molecule has 0 bridgehead atoms. The second-order valence-electron chi connectivity index (χ2n) is 10.8. The molecule has 0 saturated carbocycles. The normalized spacial score (nSPS) is 12.8. The van der Waals surface area contributed by atoms with E-state index in [1.165, 1.54) is 33.4 Å². The van der Waals surface area contributed by atoms with Crippen LogP contribution in [0, 0.1) is 0 Å². The van der Waals surface area contributed by atoms with E-state index in [2.05, 4.69) is 125 Å². The van der Waals surface area contributed by atoms with Crippen molar-refractivity contribution in [2.24, 2.45) is 0 Å². The molecule has 4 aromatic carbocycles. The van der Waals surface area contributed by atoms with Crippen LogP contribution in [-0.4, -0.2) is 15.0 Å². The average molecular weight is 550 g/mol. The Labute approximate surface area is 251 Å². The predicted octanol–water partition coefficient (Wildman–Crippen LogP) is 9.24. The fraction of sp³-hybridized carbons (Fsp3) is 0.0250. The summed E-state index contributed by atoms with van der Waals surface area (Å²) in [7, 11) is 0. The molecule has 3 heteroatoms. The lowest BCUT2D eigenvalue weighted by molar-refractivity contribution is 0.768. The van der Waals surface area contributed by atoms with Crippen LogP contribution in [0.1, 0.15) is 22.3 Å². The molecule has 0 saturated heterocycles. The number of aromatic nitrogens is 3. The highest BCUT2D eigenvalue weighted by Gasteiger charge is 2.45. The highest BCUT2D eigenvalue weighted by atomic mass is 14.8. The van der Waals surface area contributed by atoms with Gasteiger partial charge in [0.2, 0.25) is 0 Å². The fourth-order valence-electron chi connectivity index (χ4n) is 6.61. The second-order valence-corrected chi connectivity index (χ2v) is 10.8. The number of hydrogen-bond donors (Lipinski definition) is 0. The topological polar surface area (TPSA) is 38.7 Å². The van der Waals surface area contributed by atoms with Crippen LogP contribution >= 0.6 is 0 Å². The van der Waals surface area contributed by atoms with Gasteiger partial charge in [-0.15, -0.1) is 0 Å². The molecular formula is C40H27N3. The Hall–Kier alpha value is -5.67. The van der Waals surface area contributed by atoms with Gasteiger partial charge in [0.05, 0.1) is 28.2 Å². The van der Waals surface area contributed by atoms with Gasteiger partial charge in [0.1, 0.15) is 0 Å². The van der Waals surface area contributed by atoms with Crippen molar-refractivity contribution in [1.29, 1.82) is 0 Å². The van der Waals surface area contributed by atoms with Crippen molar-refractivity contribution in [3.05, 3.63) is 186 Å². The monoisotopic (exact) mass is 549 g/mol. The maximum absolute atomic E-state index is 5.08. The molecule has 3 aromatic heterocycles. The van der Waals surface area contributed by atoms with E-state index >= 15 is 0 Å². The first-order valence-electron chi connectivity index (χ1n) is 14.5.